The van der Waals surface area contributed by atoms with Gasteiger partial charge in [-0.1, -0.05) is 37.7 Å². The van der Waals surface area contributed by atoms with E-state index >= 15 is 0 Å². The van der Waals surface area contributed by atoms with Gasteiger partial charge in [-0.25, -0.2) is 0 Å². The Kier molecular flexibility index (Phi) is 5.79. The maximum Gasteiger partial charge on any atom is 0.231 e. The van der Waals surface area contributed by atoms with Gasteiger partial charge >= 0.3 is 0 Å². The number of fused-ring (bicyclic) bond motifs is 1. The summed E-state index contributed by atoms with van der Waals surface area (Å²) < 4.78 is 13.5. The fourth-order valence-electron chi connectivity index (χ4n) is 2.64. The van der Waals surface area contributed by atoms with Crippen LogP contribution in [0.5, 0.6) is 11.5 Å². The molecule has 1 aliphatic heterocycles. The summed E-state index contributed by atoms with van der Waals surface area (Å²) in [5, 5.41) is 21.1. The van der Waals surface area contributed by atoms with E-state index in [1.807, 2.05) is 45.2 Å². The predicted octanol–water partition coefficient (Wildman–Crippen LogP) is 2.47. The number of carbonyl (C=O) groups is 1. The number of para-hydroxylation sites is 2. The van der Waals surface area contributed by atoms with Crippen LogP contribution in [0.25, 0.3) is 0 Å². The van der Waals surface area contributed by atoms with E-state index < -0.39 is 5.54 Å². The van der Waals surface area contributed by atoms with E-state index in [4.69, 9.17) is 9.47 Å². The Labute approximate surface area is 168 Å². The number of thioether (sulfide) groups is 1. The van der Waals surface area contributed by atoms with Crippen LogP contribution in [-0.4, -0.2) is 38.6 Å². The van der Waals surface area contributed by atoms with Crippen LogP contribution in [0.1, 0.15) is 32.7 Å². The summed E-state index contributed by atoms with van der Waals surface area (Å²) >= 11 is 1.26. The van der Waals surface area contributed by atoms with Gasteiger partial charge in [-0.2, -0.15) is 5.26 Å². The monoisotopic (exact) mass is 401 g/mol. The van der Waals surface area contributed by atoms with Crippen LogP contribution in [0.4, 0.5) is 0 Å². The van der Waals surface area contributed by atoms with Gasteiger partial charge < -0.3 is 19.4 Å². The number of ether oxygens (including phenoxy) is 2. The molecule has 1 amide bonds. The van der Waals surface area contributed by atoms with Gasteiger partial charge in [0.05, 0.1) is 11.8 Å². The second-order valence-electron chi connectivity index (χ2n) is 7.07. The molecule has 0 radical (unpaired) electrons. The molecule has 1 aromatic heterocycles. The number of hydrogen-bond acceptors (Lipinski definition) is 7. The molecule has 8 nitrogen and oxygen atoms in total. The Morgan fingerprint density at radius 2 is 2.14 bits per heavy atom. The molecule has 0 saturated carbocycles. The molecule has 0 spiro atoms. The molecule has 0 unspecified atom stereocenters. The largest absolute Gasteiger partial charge is 0.485 e. The smallest absolute Gasteiger partial charge is 0.231 e. The van der Waals surface area contributed by atoms with Crippen LogP contribution < -0.4 is 14.8 Å². The van der Waals surface area contributed by atoms with Gasteiger partial charge in [0.2, 0.25) is 5.91 Å². The minimum atomic E-state index is -0.899. The summed E-state index contributed by atoms with van der Waals surface area (Å²) in [5.74, 6) is 1.91. The molecule has 1 N–H and O–H groups in total. The summed E-state index contributed by atoms with van der Waals surface area (Å²) in [7, 11) is 1.83. The van der Waals surface area contributed by atoms with Gasteiger partial charge in [0, 0.05) is 7.05 Å². The molecule has 0 fully saturated rings. The lowest BCUT2D eigenvalue weighted by molar-refractivity contribution is -0.120. The fraction of sp³-hybridized carbons (Fsp3) is 0.474. The van der Waals surface area contributed by atoms with Crippen molar-refractivity contribution in [1.82, 2.24) is 20.1 Å². The molecular weight excluding hydrogens is 378 g/mol. The minimum absolute atomic E-state index is 0.000733. The van der Waals surface area contributed by atoms with Crippen molar-refractivity contribution in [3.05, 3.63) is 30.1 Å². The number of benzene rings is 1. The third-order valence-corrected chi connectivity index (χ3v) is 5.80. The summed E-state index contributed by atoms with van der Waals surface area (Å²) in [6.07, 6.45) is -0.376. The van der Waals surface area contributed by atoms with E-state index in [-0.39, 0.29) is 23.7 Å². The number of nitrogens with zero attached hydrogens (tertiary/aromatic N) is 4. The fourth-order valence-corrected chi connectivity index (χ4v) is 3.35. The van der Waals surface area contributed by atoms with E-state index in [9.17, 15) is 10.1 Å². The van der Waals surface area contributed by atoms with E-state index in [2.05, 4.69) is 21.6 Å². The normalized spacial score (nSPS) is 17.6. The molecular formula is C19H23N5O3S. The Morgan fingerprint density at radius 3 is 2.82 bits per heavy atom. The van der Waals surface area contributed by atoms with Gasteiger partial charge in [0.15, 0.2) is 28.6 Å². The summed E-state index contributed by atoms with van der Waals surface area (Å²) in [4.78, 5) is 12.3. The lowest BCUT2D eigenvalue weighted by atomic mass is 9.90. The lowest BCUT2D eigenvalue weighted by Gasteiger charge is -2.27. The Morgan fingerprint density at radius 1 is 1.43 bits per heavy atom. The van der Waals surface area contributed by atoms with Crippen molar-refractivity contribution < 1.29 is 14.3 Å². The molecule has 3 rings (SSSR count). The van der Waals surface area contributed by atoms with Crippen molar-refractivity contribution in [2.75, 3.05) is 12.4 Å². The molecule has 1 aliphatic rings. The summed E-state index contributed by atoms with van der Waals surface area (Å²) in [6.45, 7) is 5.86. The zero-order chi connectivity index (χ0) is 20.3. The standard InChI is InChI=1S/C19H23N5O3S/c1-12(2)19(3,11-20)21-16(25)10-28-18-23-22-17(24(18)4)15-9-26-13-7-5-6-8-14(13)27-15/h5-8,12,15H,9-10H2,1-4H3,(H,21,25)/t15-,19+/m1/s1. The SMILES string of the molecule is CC(C)[C@](C)(C#N)NC(=O)CSc1nnc([C@H]2COc3ccccc3O2)n1C. The number of nitriles is 1. The van der Waals surface area contributed by atoms with Crippen LogP contribution in [0, 0.1) is 17.2 Å². The quantitative estimate of drug-likeness (QED) is 0.742. The lowest BCUT2D eigenvalue weighted by Crippen LogP contribution is -2.49. The molecule has 2 aromatic rings. The highest BCUT2D eigenvalue weighted by Gasteiger charge is 2.31. The van der Waals surface area contributed by atoms with E-state index in [0.29, 0.717) is 29.1 Å². The second kappa shape index (κ2) is 8.10. The van der Waals surface area contributed by atoms with E-state index in [1.165, 1.54) is 11.8 Å². The first kappa shape index (κ1) is 20.0. The molecule has 148 valence electrons. The van der Waals surface area contributed by atoms with Gasteiger partial charge in [-0.05, 0) is 25.0 Å². The van der Waals surface area contributed by atoms with Crippen molar-refractivity contribution in [2.24, 2.45) is 13.0 Å². The number of aromatic nitrogens is 3. The van der Waals surface area contributed by atoms with Gasteiger partial charge in [-0.3, -0.25) is 4.79 Å². The van der Waals surface area contributed by atoms with Crippen LogP contribution in [-0.2, 0) is 11.8 Å². The molecule has 2 heterocycles. The highest BCUT2D eigenvalue weighted by atomic mass is 32.2. The van der Waals surface area contributed by atoms with Crippen molar-refractivity contribution in [1.29, 1.82) is 5.26 Å². The summed E-state index contributed by atoms with van der Waals surface area (Å²) in [6, 6.07) is 9.64. The van der Waals surface area contributed by atoms with Crippen LogP contribution in [0.2, 0.25) is 0 Å². The number of rotatable bonds is 6. The van der Waals surface area contributed by atoms with Crippen molar-refractivity contribution in [2.45, 2.75) is 37.6 Å². The Balaban J connectivity index is 1.63. The van der Waals surface area contributed by atoms with Crippen molar-refractivity contribution in [3.63, 3.8) is 0 Å². The Bertz CT molecular complexity index is 907. The molecule has 0 aliphatic carbocycles. The van der Waals surface area contributed by atoms with Crippen molar-refractivity contribution >= 4 is 17.7 Å². The number of carbonyl (C=O) groups excluding carboxylic acids is 1. The average Bonchev–Trinajstić information content (AvgIpc) is 3.06. The van der Waals surface area contributed by atoms with Gasteiger partial charge in [-0.15, -0.1) is 10.2 Å². The maximum atomic E-state index is 12.3. The number of nitrogens with one attached hydrogen (secondary N) is 1. The third kappa shape index (κ3) is 4.07. The van der Waals surface area contributed by atoms with Crippen LogP contribution >= 0.6 is 11.8 Å². The number of hydrogen-bond donors (Lipinski definition) is 1. The van der Waals surface area contributed by atoms with E-state index in [0.717, 1.165) is 0 Å². The van der Waals surface area contributed by atoms with Crippen LogP contribution in [0.3, 0.4) is 0 Å². The molecule has 0 bridgehead atoms. The van der Waals surface area contributed by atoms with Crippen molar-refractivity contribution in [3.8, 4) is 17.6 Å². The van der Waals surface area contributed by atoms with Gasteiger partial charge in [0.1, 0.15) is 12.1 Å². The molecule has 28 heavy (non-hydrogen) atoms. The first-order valence-electron chi connectivity index (χ1n) is 8.97. The molecule has 0 saturated heterocycles. The zero-order valence-corrected chi connectivity index (χ0v) is 17.1. The number of amides is 1. The maximum absolute atomic E-state index is 12.3. The molecule has 2 atom stereocenters. The first-order chi connectivity index (χ1) is 13.3. The van der Waals surface area contributed by atoms with Crippen LogP contribution in [0.15, 0.2) is 29.4 Å². The predicted molar refractivity (Wildman–Crippen MR) is 104 cm³/mol. The minimum Gasteiger partial charge on any atom is -0.485 e. The van der Waals surface area contributed by atoms with Gasteiger partial charge in [0.25, 0.3) is 0 Å². The highest BCUT2D eigenvalue weighted by Crippen LogP contribution is 2.35. The molecule has 9 heteroatoms. The topological polar surface area (TPSA) is 102 Å². The zero-order valence-electron chi connectivity index (χ0n) is 16.3. The highest BCUT2D eigenvalue weighted by molar-refractivity contribution is 7.99. The Hall–Kier alpha value is -2.73. The molecule has 1 aromatic carbocycles. The third-order valence-electron chi connectivity index (χ3n) is 4.78. The second-order valence-corrected chi connectivity index (χ2v) is 8.01. The average molecular weight is 401 g/mol. The summed E-state index contributed by atoms with van der Waals surface area (Å²) in [5.41, 5.74) is -0.899. The van der Waals surface area contributed by atoms with E-state index in [1.54, 1.807) is 11.5 Å². The first-order valence-corrected chi connectivity index (χ1v) is 9.95.